The Morgan fingerprint density at radius 1 is 0.848 bits per heavy atom. The van der Waals surface area contributed by atoms with E-state index >= 15 is 0 Å². The highest BCUT2D eigenvalue weighted by atomic mass is 19.2. The molecule has 1 aliphatic rings. The molecule has 0 atom stereocenters. The average Bonchev–Trinajstić information content (AvgIpc) is 3.03. The topological polar surface area (TPSA) is 58.6 Å². The van der Waals surface area contributed by atoms with Gasteiger partial charge in [0, 0.05) is 11.8 Å². The van der Waals surface area contributed by atoms with Gasteiger partial charge in [-0.1, -0.05) is 18.2 Å². The van der Waals surface area contributed by atoms with Gasteiger partial charge in [-0.15, -0.1) is 0 Å². The van der Waals surface area contributed by atoms with Gasteiger partial charge in [0.1, 0.15) is 11.4 Å². The van der Waals surface area contributed by atoms with Crippen LogP contribution in [0, 0.1) is 25.5 Å². The van der Waals surface area contributed by atoms with Crippen molar-refractivity contribution in [1.29, 1.82) is 0 Å². The van der Waals surface area contributed by atoms with Crippen LogP contribution in [0.1, 0.15) is 23.6 Å². The van der Waals surface area contributed by atoms with Crippen LogP contribution in [-0.2, 0) is 9.59 Å². The van der Waals surface area contributed by atoms with E-state index in [9.17, 15) is 18.4 Å². The molecule has 0 saturated carbocycles. The molecule has 1 aliphatic heterocycles. The van der Waals surface area contributed by atoms with Crippen LogP contribution in [-0.4, -0.2) is 18.4 Å². The number of aryl methyl sites for hydroxylation is 2. The van der Waals surface area contributed by atoms with Crippen LogP contribution in [0.3, 0.4) is 0 Å². The molecule has 3 aromatic carbocycles. The van der Waals surface area contributed by atoms with Gasteiger partial charge in [-0.25, -0.2) is 13.7 Å². The van der Waals surface area contributed by atoms with E-state index in [1.807, 2.05) is 32.9 Å². The molecule has 33 heavy (non-hydrogen) atoms. The lowest BCUT2D eigenvalue weighted by atomic mass is 9.99. The molecule has 4 rings (SSSR count). The summed E-state index contributed by atoms with van der Waals surface area (Å²) in [6.45, 7) is 6.20. The first kappa shape index (κ1) is 22.2. The smallest absolute Gasteiger partial charge is 0.282 e. The molecule has 0 fully saturated rings. The highest BCUT2D eigenvalue weighted by Crippen LogP contribution is 2.35. The van der Waals surface area contributed by atoms with Crippen LogP contribution in [0.5, 0.6) is 5.75 Å². The lowest BCUT2D eigenvalue weighted by Gasteiger charge is -2.16. The number of carbonyl (C=O) groups is 2. The number of rotatable bonds is 6. The Bertz CT molecular complexity index is 1280. The fraction of sp³-hybridized carbons (Fsp3) is 0.154. The minimum atomic E-state index is -1.06. The molecule has 1 heterocycles. The molecule has 3 aromatic rings. The zero-order valence-corrected chi connectivity index (χ0v) is 18.4. The molecule has 0 aromatic heterocycles. The van der Waals surface area contributed by atoms with E-state index in [0.717, 1.165) is 28.2 Å². The number of benzene rings is 3. The molecule has 0 unspecified atom stereocenters. The third kappa shape index (κ3) is 4.22. The Hall–Kier alpha value is -4.00. The van der Waals surface area contributed by atoms with Gasteiger partial charge in [0.05, 0.1) is 17.9 Å². The van der Waals surface area contributed by atoms with Gasteiger partial charge < -0.3 is 10.1 Å². The Kier molecular flexibility index (Phi) is 5.96. The van der Waals surface area contributed by atoms with Crippen LogP contribution < -0.4 is 15.0 Å². The van der Waals surface area contributed by atoms with Crippen molar-refractivity contribution in [2.75, 3.05) is 16.8 Å². The number of anilines is 2. The van der Waals surface area contributed by atoms with Crippen molar-refractivity contribution >= 4 is 28.8 Å². The van der Waals surface area contributed by atoms with Crippen LogP contribution in [0.15, 0.2) is 66.4 Å². The van der Waals surface area contributed by atoms with Crippen LogP contribution in [0.4, 0.5) is 20.2 Å². The maximum absolute atomic E-state index is 13.8. The quantitative estimate of drug-likeness (QED) is 0.515. The second kappa shape index (κ2) is 8.86. The summed E-state index contributed by atoms with van der Waals surface area (Å²) in [6.07, 6.45) is 0. The number of amides is 2. The third-order valence-electron chi connectivity index (χ3n) is 5.47. The third-order valence-corrected chi connectivity index (χ3v) is 5.47. The fourth-order valence-electron chi connectivity index (χ4n) is 3.62. The zero-order valence-electron chi connectivity index (χ0n) is 18.4. The van der Waals surface area contributed by atoms with Crippen molar-refractivity contribution in [2.24, 2.45) is 0 Å². The maximum atomic E-state index is 13.8. The Morgan fingerprint density at radius 3 is 2.21 bits per heavy atom. The summed E-state index contributed by atoms with van der Waals surface area (Å²) >= 11 is 0. The van der Waals surface area contributed by atoms with Crippen molar-refractivity contribution in [2.45, 2.75) is 20.8 Å². The van der Waals surface area contributed by atoms with Crippen molar-refractivity contribution in [3.8, 4) is 5.75 Å². The molecule has 0 radical (unpaired) electrons. The van der Waals surface area contributed by atoms with E-state index in [2.05, 4.69) is 5.32 Å². The molecule has 1 N–H and O–H groups in total. The van der Waals surface area contributed by atoms with Crippen LogP contribution in [0.2, 0.25) is 0 Å². The number of nitrogens with zero attached hydrogens (tertiary/aromatic N) is 1. The number of ether oxygens (including phenoxy) is 1. The van der Waals surface area contributed by atoms with Gasteiger partial charge in [0.2, 0.25) is 0 Å². The zero-order chi connectivity index (χ0) is 23.7. The molecule has 5 nitrogen and oxygen atoms in total. The van der Waals surface area contributed by atoms with E-state index < -0.39 is 23.4 Å². The fourth-order valence-corrected chi connectivity index (χ4v) is 3.62. The predicted octanol–water partition coefficient (Wildman–Crippen LogP) is 5.38. The minimum absolute atomic E-state index is 0.0110. The van der Waals surface area contributed by atoms with Crippen molar-refractivity contribution < 1.29 is 23.1 Å². The van der Waals surface area contributed by atoms with E-state index in [1.54, 1.807) is 30.3 Å². The highest BCUT2D eigenvalue weighted by Gasteiger charge is 2.40. The molecule has 0 saturated heterocycles. The molecule has 168 valence electrons. The summed E-state index contributed by atoms with van der Waals surface area (Å²) in [6, 6.07) is 15.3. The first-order chi connectivity index (χ1) is 15.8. The lowest BCUT2D eigenvalue weighted by Crippen LogP contribution is -2.32. The number of nitrogens with one attached hydrogen (secondary N) is 1. The molecule has 7 heteroatoms. The second-order valence-electron chi connectivity index (χ2n) is 7.68. The SMILES string of the molecule is CCOc1ccc(N2C(=O)C(Nc3ccc(F)c(F)c3)=C(c3ccc(C)c(C)c3)C2=O)cc1. The first-order valence-electron chi connectivity index (χ1n) is 10.5. The van der Waals surface area contributed by atoms with Crippen LogP contribution in [0.25, 0.3) is 5.57 Å². The van der Waals surface area contributed by atoms with Gasteiger partial charge in [-0.2, -0.15) is 0 Å². The summed E-state index contributed by atoms with van der Waals surface area (Å²) in [4.78, 5) is 27.9. The predicted molar refractivity (Wildman–Crippen MR) is 123 cm³/mol. The summed E-state index contributed by atoms with van der Waals surface area (Å²) in [5, 5.41) is 2.84. The normalized spacial score (nSPS) is 13.7. The van der Waals surface area contributed by atoms with Gasteiger partial charge >= 0.3 is 0 Å². The summed E-state index contributed by atoms with van der Waals surface area (Å²) in [5.74, 6) is -2.57. The van der Waals surface area contributed by atoms with E-state index in [-0.39, 0.29) is 17.0 Å². The molecule has 2 amide bonds. The summed E-state index contributed by atoms with van der Waals surface area (Å²) in [5.41, 5.74) is 3.21. The Balaban J connectivity index is 1.79. The van der Waals surface area contributed by atoms with E-state index in [4.69, 9.17) is 4.74 Å². The Labute approximate surface area is 190 Å². The van der Waals surface area contributed by atoms with E-state index in [0.29, 0.717) is 23.6 Å². The standard InChI is InChI=1S/C26H22F2N2O3/c1-4-33-20-10-8-19(9-11-20)30-25(31)23(17-6-5-15(2)16(3)13-17)24(26(30)32)29-18-7-12-21(27)22(28)14-18/h5-14,29H,4H2,1-3H3. The van der Waals surface area contributed by atoms with Gasteiger partial charge in [0.25, 0.3) is 11.8 Å². The average molecular weight is 448 g/mol. The highest BCUT2D eigenvalue weighted by molar-refractivity contribution is 6.46. The molecular weight excluding hydrogens is 426 g/mol. The minimum Gasteiger partial charge on any atom is -0.494 e. The number of halogens is 2. The first-order valence-corrected chi connectivity index (χ1v) is 10.5. The largest absolute Gasteiger partial charge is 0.494 e. The van der Waals surface area contributed by atoms with Crippen molar-refractivity contribution in [3.05, 3.63) is 94.7 Å². The van der Waals surface area contributed by atoms with Gasteiger partial charge in [-0.3, -0.25) is 9.59 Å². The molecule has 0 bridgehead atoms. The maximum Gasteiger partial charge on any atom is 0.282 e. The number of hydrogen-bond acceptors (Lipinski definition) is 4. The summed E-state index contributed by atoms with van der Waals surface area (Å²) in [7, 11) is 0. The van der Waals surface area contributed by atoms with Gasteiger partial charge in [-0.05, 0) is 73.9 Å². The molecule has 0 spiro atoms. The number of imide groups is 1. The van der Waals surface area contributed by atoms with Crippen LogP contribution >= 0.6 is 0 Å². The summed E-state index contributed by atoms with van der Waals surface area (Å²) < 4.78 is 32.6. The Morgan fingerprint density at radius 2 is 1.58 bits per heavy atom. The number of carbonyl (C=O) groups excluding carboxylic acids is 2. The van der Waals surface area contributed by atoms with Gasteiger partial charge in [0.15, 0.2) is 11.6 Å². The number of hydrogen-bond donors (Lipinski definition) is 1. The monoisotopic (exact) mass is 448 g/mol. The van der Waals surface area contributed by atoms with Crippen molar-refractivity contribution in [1.82, 2.24) is 0 Å². The van der Waals surface area contributed by atoms with Crippen molar-refractivity contribution in [3.63, 3.8) is 0 Å². The molecule has 0 aliphatic carbocycles. The molecular formula is C26H22F2N2O3. The second-order valence-corrected chi connectivity index (χ2v) is 7.68. The van der Waals surface area contributed by atoms with E-state index in [1.165, 1.54) is 6.07 Å². The lowest BCUT2D eigenvalue weighted by molar-refractivity contribution is -0.120.